The molecule has 2 rings (SSSR count). The van der Waals surface area contributed by atoms with Gasteiger partial charge in [0.15, 0.2) is 0 Å². The Bertz CT molecular complexity index is 550. The van der Waals surface area contributed by atoms with Crippen LogP contribution in [0.2, 0.25) is 0 Å². The molecule has 1 aliphatic heterocycles. The SMILES string of the molecule is CN(C(=O)C1CSC1)c1ccc(C(=O)O)c(=O)[nH]1. The number of carboxylic acids is 1. The van der Waals surface area contributed by atoms with Gasteiger partial charge in [-0.05, 0) is 12.1 Å². The average Bonchev–Trinajstić information content (AvgIpc) is 2.24. The van der Waals surface area contributed by atoms with Crippen LogP contribution < -0.4 is 10.5 Å². The zero-order valence-electron chi connectivity index (χ0n) is 9.67. The largest absolute Gasteiger partial charge is 0.477 e. The second-order valence-corrected chi connectivity index (χ2v) is 5.10. The molecule has 0 saturated carbocycles. The summed E-state index contributed by atoms with van der Waals surface area (Å²) in [7, 11) is 1.57. The van der Waals surface area contributed by atoms with E-state index in [1.54, 1.807) is 18.8 Å². The lowest BCUT2D eigenvalue weighted by Gasteiger charge is -2.28. The van der Waals surface area contributed by atoms with Crippen molar-refractivity contribution < 1.29 is 14.7 Å². The van der Waals surface area contributed by atoms with E-state index in [-0.39, 0.29) is 17.4 Å². The lowest BCUT2D eigenvalue weighted by molar-refractivity contribution is -0.121. The van der Waals surface area contributed by atoms with Crippen molar-refractivity contribution in [3.63, 3.8) is 0 Å². The molecule has 0 atom stereocenters. The molecule has 1 aliphatic rings. The third-order valence-corrected chi connectivity index (χ3v) is 4.08. The van der Waals surface area contributed by atoms with E-state index in [9.17, 15) is 14.4 Å². The van der Waals surface area contributed by atoms with Crippen LogP contribution in [0.25, 0.3) is 0 Å². The van der Waals surface area contributed by atoms with Gasteiger partial charge >= 0.3 is 5.97 Å². The Labute approximate surface area is 107 Å². The first kappa shape index (κ1) is 12.7. The van der Waals surface area contributed by atoms with Gasteiger partial charge in [0, 0.05) is 18.6 Å². The summed E-state index contributed by atoms with van der Waals surface area (Å²) in [5.74, 6) is 0.538. The van der Waals surface area contributed by atoms with Crippen molar-refractivity contribution in [1.29, 1.82) is 0 Å². The highest BCUT2D eigenvalue weighted by atomic mass is 32.2. The van der Waals surface area contributed by atoms with Gasteiger partial charge in [0.2, 0.25) is 5.91 Å². The minimum Gasteiger partial charge on any atom is -0.477 e. The first-order valence-corrected chi connectivity index (χ1v) is 6.48. The van der Waals surface area contributed by atoms with E-state index in [1.165, 1.54) is 17.0 Å². The molecule has 0 radical (unpaired) electrons. The molecule has 18 heavy (non-hydrogen) atoms. The van der Waals surface area contributed by atoms with E-state index in [0.717, 1.165) is 11.5 Å². The number of hydrogen-bond donors (Lipinski definition) is 2. The lowest BCUT2D eigenvalue weighted by Crippen LogP contribution is -2.40. The molecule has 96 valence electrons. The van der Waals surface area contributed by atoms with Crippen LogP contribution in [0, 0.1) is 5.92 Å². The van der Waals surface area contributed by atoms with Crippen molar-refractivity contribution in [3.05, 3.63) is 28.0 Å². The topological polar surface area (TPSA) is 90.5 Å². The van der Waals surface area contributed by atoms with Crippen molar-refractivity contribution in [2.75, 3.05) is 23.5 Å². The van der Waals surface area contributed by atoms with E-state index < -0.39 is 11.5 Å². The quantitative estimate of drug-likeness (QED) is 0.828. The lowest BCUT2D eigenvalue weighted by atomic mass is 10.1. The Hall–Kier alpha value is -1.76. The molecule has 1 aromatic rings. The predicted octanol–water partition coefficient (Wildman–Crippen LogP) is 0.399. The molecule has 2 N–H and O–H groups in total. The third kappa shape index (κ3) is 2.26. The number of aromatic amines is 1. The number of H-pyrrole nitrogens is 1. The maximum Gasteiger partial charge on any atom is 0.341 e. The van der Waals surface area contributed by atoms with Gasteiger partial charge in [-0.1, -0.05) is 0 Å². The maximum absolute atomic E-state index is 11.9. The van der Waals surface area contributed by atoms with Gasteiger partial charge < -0.3 is 15.0 Å². The number of aromatic carboxylic acids is 1. The summed E-state index contributed by atoms with van der Waals surface area (Å²) in [6, 6.07) is 2.63. The number of hydrogen-bond acceptors (Lipinski definition) is 4. The normalized spacial score (nSPS) is 14.9. The average molecular weight is 268 g/mol. The Morgan fingerprint density at radius 3 is 2.56 bits per heavy atom. The second-order valence-electron chi connectivity index (χ2n) is 4.02. The van der Waals surface area contributed by atoms with E-state index in [1.807, 2.05) is 0 Å². The van der Waals surface area contributed by atoms with E-state index in [4.69, 9.17) is 5.11 Å². The number of nitrogens with zero attached hydrogens (tertiary/aromatic N) is 1. The van der Waals surface area contributed by atoms with Crippen LogP contribution in [-0.4, -0.2) is 40.5 Å². The highest BCUT2D eigenvalue weighted by molar-refractivity contribution is 8.00. The van der Waals surface area contributed by atoms with E-state index >= 15 is 0 Å². The van der Waals surface area contributed by atoms with Gasteiger partial charge in [-0.3, -0.25) is 9.59 Å². The van der Waals surface area contributed by atoms with Crippen molar-refractivity contribution in [2.24, 2.45) is 5.92 Å². The van der Waals surface area contributed by atoms with Crippen LogP contribution in [0.15, 0.2) is 16.9 Å². The number of carbonyl (C=O) groups is 2. The van der Waals surface area contributed by atoms with Crippen LogP contribution in [0.1, 0.15) is 10.4 Å². The molecule has 0 unspecified atom stereocenters. The first-order valence-electron chi connectivity index (χ1n) is 5.32. The Morgan fingerprint density at radius 1 is 1.44 bits per heavy atom. The Morgan fingerprint density at radius 2 is 2.11 bits per heavy atom. The highest BCUT2D eigenvalue weighted by Gasteiger charge is 2.29. The summed E-state index contributed by atoms with van der Waals surface area (Å²) in [5.41, 5.74) is -1.04. The molecule has 6 nitrogen and oxygen atoms in total. The fourth-order valence-corrected chi connectivity index (χ4v) is 2.35. The molecule has 1 saturated heterocycles. The van der Waals surface area contributed by atoms with E-state index in [0.29, 0.717) is 5.82 Å². The predicted molar refractivity (Wildman–Crippen MR) is 68.2 cm³/mol. The highest BCUT2D eigenvalue weighted by Crippen LogP contribution is 2.27. The molecule has 2 heterocycles. The van der Waals surface area contributed by atoms with Gasteiger partial charge in [-0.25, -0.2) is 4.79 Å². The molecule has 7 heteroatoms. The zero-order valence-corrected chi connectivity index (χ0v) is 10.5. The van der Waals surface area contributed by atoms with Gasteiger partial charge in [0.1, 0.15) is 11.4 Å². The fraction of sp³-hybridized carbons (Fsp3) is 0.364. The summed E-state index contributed by atoms with van der Waals surface area (Å²) in [6.45, 7) is 0. The fourth-order valence-electron chi connectivity index (χ4n) is 1.60. The number of thioether (sulfide) groups is 1. The van der Waals surface area contributed by atoms with Crippen LogP contribution >= 0.6 is 11.8 Å². The standard InChI is InChI=1S/C11H12N2O4S/c1-13(10(15)6-4-18-5-6)8-3-2-7(11(16)17)9(14)12-8/h2-3,6H,4-5H2,1H3,(H,12,14)(H,16,17). The smallest absolute Gasteiger partial charge is 0.341 e. The minimum atomic E-state index is -1.29. The number of carbonyl (C=O) groups excluding carboxylic acids is 1. The molecule has 1 aromatic heterocycles. The van der Waals surface area contributed by atoms with Crippen LogP contribution in [-0.2, 0) is 4.79 Å². The number of pyridine rings is 1. The van der Waals surface area contributed by atoms with Crippen molar-refractivity contribution in [2.45, 2.75) is 0 Å². The number of carboxylic acid groups (broad SMARTS) is 1. The summed E-state index contributed by atoms with van der Waals surface area (Å²) >= 11 is 1.70. The molecule has 1 fully saturated rings. The molecular formula is C11H12N2O4S. The van der Waals surface area contributed by atoms with E-state index in [2.05, 4.69) is 4.98 Å². The van der Waals surface area contributed by atoms with Crippen LogP contribution in [0.5, 0.6) is 0 Å². The third-order valence-electron chi connectivity index (χ3n) is 2.80. The first-order chi connectivity index (χ1) is 8.50. The molecular weight excluding hydrogens is 256 g/mol. The summed E-state index contributed by atoms with van der Waals surface area (Å²) in [5, 5.41) is 8.74. The molecule has 1 amide bonds. The van der Waals surface area contributed by atoms with Gasteiger partial charge in [-0.2, -0.15) is 11.8 Å². The maximum atomic E-state index is 11.9. The summed E-state index contributed by atoms with van der Waals surface area (Å²) in [6.07, 6.45) is 0. The Balaban J connectivity index is 2.23. The molecule has 0 bridgehead atoms. The van der Waals surface area contributed by atoms with Crippen molar-refractivity contribution in [1.82, 2.24) is 4.98 Å². The summed E-state index contributed by atoms with van der Waals surface area (Å²) < 4.78 is 0. The van der Waals surface area contributed by atoms with Crippen LogP contribution in [0.4, 0.5) is 5.82 Å². The monoisotopic (exact) mass is 268 g/mol. The molecule has 0 aromatic carbocycles. The van der Waals surface area contributed by atoms with Gasteiger partial charge in [0.25, 0.3) is 5.56 Å². The zero-order chi connectivity index (χ0) is 13.3. The molecule has 0 spiro atoms. The second kappa shape index (κ2) is 4.85. The summed E-state index contributed by atoms with van der Waals surface area (Å²) in [4.78, 5) is 37.9. The van der Waals surface area contributed by atoms with Gasteiger partial charge in [0.05, 0.1) is 5.92 Å². The Kier molecular flexibility index (Phi) is 3.42. The minimum absolute atomic E-state index is 0.0114. The number of rotatable bonds is 3. The van der Waals surface area contributed by atoms with Crippen molar-refractivity contribution in [3.8, 4) is 0 Å². The van der Waals surface area contributed by atoms with Crippen molar-refractivity contribution >= 4 is 29.5 Å². The number of nitrogens with one attached hydrogen (secondary N) is 1. The van der Waals surface area contributed by atoms with Gasteiger partial charge in [-0.15, -0.1) is 0 Å². The number of anilines is 1. The number of aromatic nitrogens is 1. The number of amides is 1. The van der Waals surface area contributed by atoms with Crippen LogP contribution in [0.3, 0.4) is 0 Å². The molecule has 0 aliphatic carbocycles.